The van der Waals surface area contributed by atoms with Crippen LogP contribution in [0.4, 0.5) is 4.79 Å². The van der Waals surface area contributed by atoms with Crippen molar-refractivity contribution in [2.45, 2.75) is 18.9 Å². The summed E-state index contributed by atoms with van der Waals surface area (Å²) in [6.45, 7) is 3.05. The maximum absolute atomic E-state index is 9.93. The smallest absolute Gasteiger partial charge is 0.406 e. The second kappa shape index (κ2) is 2.22. The van der Waals surface area contributed by atoms with E-state index in [4.69, 9.17) is 11.6 Å². The van der Waals surface area contributed by atoms with E-state index in [0.29, 0.717) is 0 Å². The molecule has 0 aliphatic heterocycles. The van der Waals surface area contributed by atoms with Crippen molar-refractivity contribution in [2.75, 3.05) is 0 Å². The molecular weight excluding hydrogens is 130 g/mol. The van der Waals surface area contributed by atoms with E-state index in [0.717, 1.165) is 0 Å². The molecular formula is C4H8ClNO2. The molecule has 2 N–H and O–H groups in total. The number of halogens is 1. The van der Waals surface area contributed by atoms with E-state index >= 15 is 0 Å². The summed E-state index contributed by atoms with van der Waals surface area (Å²) < 4.78 is 4.34. The van der Waals surface area contributed by atoms with Gasteiger partial charge in [-0.2, -0.15) is 0 Å². The Bertz CT molecular complexity index is 96.7. The maximum atomic E-state index is 9.93. The van der Waals surface area contributed by atoms with Crippen molar-refractivity contribution in [2.24, 2.45) is 5.73 Å². The van der Waals surface area contributed by atoms with Crippen molar-refractivity contribution >= 4 is 17.7 Å². The van der Waals surface area contributed by atoms with Gasteiger partial charge in [-0.25, -0.2) is 4.79 Å². The highest BCUT2D eigenvalue weighted by atomic mass is 35.5. The van der Waals surface area contributed by atoms with Gasteiger partial charge in [0.25, 0.3) is 0 Å². The minimum Gasteiger partial charge on any atom is -0.428 e. The molecule has 0 saturated heterocycles. The van der Waals surface area contributed by atoms with E-state index in [2.05, 4.69) is 10.5 Å². The van der Waals surface area contributed by atoms with Crippen molar-refractivity contribution in [3.05, 3.63) is 0 Å². The van der Waals surface area contributed by atoms with E-state index in [1.807, 2.05) is 0 Å². The standard InChI is InChI=1S/C4H8ClNO2/c1-4(2,5)8-3(6)7/h1-2H3,(H2,6,7). The van der Waals surface area contributed by atoms with E-state index in [1.165, 1.54) is 13.8 Å². The second-order valence-corrected chi connectivity index (χ2v) is 2.69. The van der Waals surface area contributed by atoms with Crippen molar-refractivity contribution in [1.29, 1.82) is 0 Å². The largest absolute Gasteiger partial charge is 0.428 e. The molecule has 0 aromatic carbocycles. The van der Waals surface area contributed by atoms with Gasteiger partial charge in [0.2, 0.25) is 0 Å². The van der Waals surface area contributed by atoms with Crippen molar-refractivity contribution in [3.8, 4) is 0 Å². The van der Waals surface area contributed by atoms with E-state index < -0.39 is 11.2 Å². The normalized spacial score (nSPS) is 10.9. The van der Waals surface area contributed by atoms with Crippen LogP contribution in [0.2, 0.25) is 0 Å². The molecule has 3 nitrogen and oxygen atoms in total. The Labute approximate surface area is 52.8 Å². The number of hydrogen-bond donors (Lipinski definition) is 1. The topological polar surface area (TPSA) is 52.3 Å². The molecule has 0 spiro atoms. The van der Waals surface area contributed by atoms with Gasteiger partial charge in [-0.15, -0.1) is 0 Å². The van der Waals surface area contributed by atoms with Gasteiger partial charge in [0.15, 0.2) is 5.06 Å². The average molecular weight is 138 g/mol. The van der Waals surface area contributed by atoms with E-state index in [1.54, 1.807) is 0 Å². The van der Waals surface area contributed by atoms with Crippen LogP contribution < -0.4 is 5.73 Å². The molecule has 0 unspecified atom stereocenters. The molecule has 0 aromatic rings. The zero-order valence-electron chi connectivity index (χ0n) is 4.77. The summed E-state index contributed by atoms with van der Waals surface area (Å²) in [6, 6.07) is 0. The van der Waals surface area contributed by atoms with Gasteiger partial charge < -0.3 is 10.5 Å². The first kappa shape index (κ1) is 7.56. The summed E-state index contributed by atoms with van der Waals surface area (Å²) in [4.78, 5) is 9.93. The summed E-state index contributed by atoms with van der Waals surface area (Å²) in [7, 11) is 0. The molecule has 0 radical (unpaired) electrons. The first-order valence-electron chi connectivity index (χ1n) is 2.09. The van der Waals surface area contributed by atoms with E-state index in [9.17, 15) is 4.79 Å². The van der Waals surface area contributed by atoms with Gasteiger partial charge in [-0.05, 0) is 13.8 Å². The summed E-state index contributed by atoms with van der Waals surface area (Å²) in [5, 5.41) is -0.980. The van der Waals surface area contributed by atoms with Crippen LogP contribution in [0.1, 0.15) is 13.8 Å². The molecule has 0 atom stereocenters. The number of nitrogens with two attached hydrogens (primary N) is 1. The van der Waals surface area contributed by atoms with Crippen molar-refractivity contribution < 1.29 is 9.53 Å². The van der Waals surface area contributed by atoms with Gasteiger partial charge in [-0.1, -0.05) is 11.6 Å². The number of primary amides is 1. The number of carbonyl (C=O) groups is 1. The van der Waals surface area contributed by atoms with Gasteiger partial charge in [0.05, 0.1) is 0 Å². The highest BCUT2D eigenvalue weighted by molar-refractivity contribution is 6.22. The summed E-state index contributed by atoms with van der Waals surface area (Å²) in [5.74, 6) is 0. The zero-order chi connectivity index (χ0) is 6.78. The average Bonchev–Trinajstić information content (AvgIpc) is 1.21. The number of alkyl halides is 1. The van der Waals surface area contributed by atoms with Gasteiger partial charge >= 0.3 is 6.09 Å². The second-order valence-electron chi connectivity index (χ2n) is 1.78. The Kier molecular flexibility index (Phi) is 2.10. The summed E-state index contributed by atoms with van der Waals surface area (Å²) >= 11 is 5.41. The molecule has 0 fully saturated rings. The third kappa shape index (κ3) is 5.56. The lowest BCUT2D eigenvalue weighted by Gasteiger charge is -2.13. The molecule has 1 amide bonds. The molecule has 0 saturated carbocycles. The van der Waals surface area contributed by atoms with Crippen LogP contribution in [0.15, 0.2) is 0 Å². The molecule has 48 valence electrons. The molecule has 4 heteroatoms. The molecule has 0 heterocycles. The highest BCUT2D eigenvalue weighted by Crippen LogP contribution is 2.12. The third-order valence-corrected chi connectivity index (χ3v) is 0.420. The van der Waals surface area contributed by atoms with Crippen LogP contribution in [0.5, 0.6) is 0 Å². The minimum absolute atomic E-state index is 0.856. The molecule has 0 aliphatic carbocycles. The van der Waals surface area contributed by atoms with E-state index in [-0.39, 0.29) is 0 Å². The molecule has 0 rings (SSSR count). The molecule has 0 aromatic heterocycles. The fourth-order valence-electron chi connectivity index (χ4n) is 0.239. The fraction of sp³-hybridized carbons (Fsp3) is 0.750. The predicted molar refractivity (Wildman–Crippen MR) is 30.6 cm³/mol. The SMILES string of the molecule is CC(C)(Cl)OC(N)=O. The fourth-order valence-corrected chi connectivity index (χ4v) is 0.315. The Balaban J connectivity index is 3.55. The third-order valence-electron chi connectivity index (χ3n) is 0.343. The monoisotopic (exact) mass is 137 g/mol. The van der Waals surface area contributed by atoms with Crippen LogP contribution in [0.3, 0.4) is 0 Å². The molecule has 0 aliphatic rings. The van der Waals surface area contributed by atoms with Crippen LogP contribution in [0, 0.1) is 0 Å². The highest BCUT2D eigenvalue weighted by Gasteiger charge is 2.15. The Hall–Kier alpha value is -0.440. The van der Waals surface area contributed by atoms with Crippen LogP contribution in [-0.4, -0.2) is 11.2 Å². The summed E-state index contributed by atoms with van der Waals surface area (Å²) in [5.41, 5.74) is 4.63. The van der Waals surface area contributed by atoms with Crippen LogP contribution in [0.25, 0.3) is 0 Å². The van der Waals surface area contributed by atoms with Gasteiger partial charge in [0, 0.05) is 0 Å². The molecule has 0 bridgehead atoms. The number of carbonyl (C=O) groups excluding carboxylic acids is 1. The Morgan fingerprint density at radius 2 is 2.12 bits per heavy atom. The predicted octanol–water partition coefficient (Wildman–Crippen LogP) is 1.06. The first-order chi connectivity index (χ1) is 3.42. The number of amides is 1. The van der Waals surface area contributed by atoms with Crippen LogP contribution >= 0.6 is 11.6 Å². The number of ether oxygens (including phenoxy) is 1. The Morgan fingerprint density at radius 3 is 2.12 bits per heavy atom. The van der Waals surface area contributed by atoms with Crippen molar-refractivity contribution in [3.63, 3.8) is 0 Å². The lowest BCUT2D eigenvalue weighted by atomic mass is 10.5. The van der Waals surface area contributed by atoms with Crippen LogP contribution in [-0.2, 0) is 4.74 Å². The lowest BCUT2D eigenvalue weighted by Crippen LogP contribution is -2.25. The van der Waals surface area contributed by atoms with Gasteiger partial charge in [0.1, 0.15) is 0 Å². The Morgan fingerprint density at radius 1 is 1.75 bits per heavy atom. The lowest BCUT2D eigenvalue weighted by molar-refractivity contribution is 0.102. The molecule has 8 heavy (non-hydrogen) atoms. The minimum atomic E-state index is -0.980. The maximum Gasteiger partial charge on any atom is 0.406 e. The summed E-state index contributed by atoms with van der Waals surface area (Å²) in [6.07, 6.45) is -0.856. The zero-order valence-corrected chi connectivity index (χ0v) is 5.53. The number of rotatable bonds is 1. The van der Waals surface area contributed by atoms with Crippen molar-refractivity contribution in [1.82, 2.24) is 0 Å². The quantitative estimate of drug-likeness (QED) is 0.550. The first-order valence-corrected chi connectivity index (χ1v) is 2.47. The van der Waals surface area contributed by atoms with Gasteiger partial charge in [-0.3, -0.25) is 0 Å². The number of hydrogen-bond acceptors (Lipinski definition) is 2.